The Morgan fingerprint density at radius 3 is 1.52 bits per heavy atom. The summed E-state index contributed by atoms with van der Waals surface area (Å²) in [6.45, 7) is 2.06. The van der Waals surface area contributed by atoms with Crippen LogP contribution in [-0.4, -0.2) is 50.2 Å². The van der Waals surface area contributed by atoms with E-state index in [2.05, 4.69) is 6.92 Å². The van der Waals surface area contributed by atoms with Crippen molar-refractivity contribution in [1.82, 2.24) is 0 Å². The summed E-state index contributed by atoms with van der Waals surface area (Å²) in [5.74, 6) is -1.84. The van der Waals surface area contributed by atoms with Gasteiger partial charge in [-0.05, 0) is 19.3 Å². The Balaban J connectivity index is 4.19. The first kappa shape index (κ1) is 25.9. The quantitative estimate of drug-likeness (QED) is 0.226. The first-order valence-electron chi connectivity index (χ1n) is 10.3. The Hall–Kier alpha value is -1.15. The van der Waals surface area contributed by atoms with Gasteiger partial charge < -0.3 is 21.9 Å². The number of Topliss-reactive ketones (excluding diaryl/α,β-unsaturated/α-hetero) is 3. The van der Waals surface area contributed by atoms with Gasteiger partial charge in [-0.15, -0.1) is 0 Å². The first-order chi connectivity index (χ1) is 13.0. The van der Waals surface area contributed by atoms with E-state index in [4.69, 9.17) is 21.9 Å². The Kier molecular flexibility index (Phi) is 15.2. The van der Waals surface area contributed by atoms with Crippen molar-refractivity contribution in [3.05, 3.63) is 0 Å². The van der Waals surface area contributed by atoms with Gasteiger partial charge in [-0.3, -0.25) is 14.4 Å². The molecule has 7 nitrogen and oxygen atoms in total. The van der Waals surface area contributed by atoms with Crippen LogP contribution in [0.4, 0.5) is 0 Å². The molecule has 0 fully saturated rings. The van der Waals surface area contributed by atoms with Crippen LogP contribution in [0.1, 0.15) is 71.1 Å². The Morgan fingerprint density at radius 1 is 0.667 bits per heavy atom. The standard InChI is InChI=1S/C20H39N3O4/c1-2-3-4-5-6-7-8-9-12-27-13-10-11-20(17(24)14-21,18(25)15-22)19(26)16-23/h2-16,21-23H2,1H3. The zero-order valence-corrected chi connectivity index (χ0v) is 17.0. The minimum atomic E-state index is -1.81. The molecule has 0 aliphatic heterocycles. The molecule has 6 N–H and O–H groups in total. The molecular formula is C20H39N3O4. The molecule has 0 aromatic rings. The van der Waals surface area contributed by atoms with Gasteiger partial charge in [-0.25, -0.2) is 0 Å². The molecule has 0 bridgehead atoms. The number of ether oxygens (including phenoxy) is 1. The summed E-state index contributed by atoms with van der Waals surface area (Å²) in [7, 11) is 0. The molecule has 0 aliphatic rings. The van der Waals surface area contributed by atoms with Crippen molar-refractivity contribution in [3.63, 3.8) is 0 Å². The van der Waals surface area contributed by atoms with Gasteiger partial charge in [0.1, 0.15) is 5.41 Å². The summed E-state index contributed by atoms with van der Waals surface area (Å²) in [5, 5.41) is 0. The molecule has 0 atom stereocenters. The average Bonchev–Trinajstić information content (AvgIpc) is 2.70. The number of carbonyl (C=O) groups excluding carboxylic acids is 3. The van der Waals surface area contributed by atoms with Crippen LogP contribution in [0.2, 0.25) is 0 Å². The monoisotopic (exact) mass is 385 g/mol. The molecule has 0 amide bonds. The predicted octanol–water partition coefficient (Wildman–Crippen LogP) is 1.49. The zero-order chi connectivity index (χ0) is 20.5. The molecule has 7 heteroatoms. The van der Waals surface area contributed by atoms with Crippen LogP contribution in [0.3, 0.4) is 0 Å². The molecule has 0 heterocycles. The number of hydrogen-bond donors (Lipinski definition) is 3. The number of unbranched alkanes of at least 4 members (excludes halogenated alkanes) is 7. The molecule has 158 valence electrons. The third kappa shape index (κ3) is 9.06. The number of nitrogens with two attached hydrogens (primary N) is 3. The molecule has 0 rings (SSSR count). The van der Waals surface area contributed by atoms with E-state index in [9.17, 15) is 14.4 Å². The van der Waals surface area contributed by atoms with E-state index < -0.39 is 42.4 Å². The van der Waals surface area contributed by atoms with Crippen LogP contribution >= 0.6 is 0 Å². The minimum Gasteiger partial charge on any atom is -0.381 e. The molecule has 0 spiro atoms. The van der Waals surface area contributed by atoms with Gasteiger partial charge >= 0.3 is 0 Å². The summed E-state index contributed by atoms with van der Waals surface area (Å²) in [5.41, 5.74) is 14.4. The third-order valence-corrected chi connectivity index (χ3v) is 4.97. The minimum absolute atomic E-state index is 0.0481. The Bertz CT molecular complexity index is 400. The number of ketones is 3. The lowest BCUT2D eigenvalue weighted by Crippen LogP contribution is -2.53. The lowest BCUT2D eigenvalue weighted by molar-refractivity contribution is -0.148. The highest BCUT2D eigenvalue weighted by Gasteiger charge is 2.48. The molecule has 0 radical (unpaired) electrons. The maximum absolute atomic E-state index is 12.2. The van der Waals surface area contributed by atoms with Crippen LogP contribution in [-0.2, 0) is 19.1 Å². The lowest BCUT2D eigenvalue weighted by atomic mass is 9.71. The SMILES string of the molecule is CCCCCCCCCCOCCCC(C(=O)CN)(C(=O)CN)C(=O)CN. The van der Waals surface area contributed by atoms with E-state index in [1.807, 2.05) is 0 Å². The summed E-state index contributed by atoms with van der Waals surface area (Å²) in [6.07, 6.45) is 10.3. The molecule has 0 aromatic carbocycles. The topological polar surface area (TPSA) is 138 Å². The summed E-state index contributed by atoms with van der Waals surface area (Å²) >= 11 is 0. The van der Waals surface area contributed by atoms with Crippen LogP contribution in [0.5, 0.6) is 0 Å². The fourth-order valence-corrected chi connectivity index (χ4v) is 3.29. The second-order valence-electron chi connectivity index (χ2n) is 6.98. The van der Waals surface area contributed by atoms with Gasteiger partial charge in [0.2, 0.25) is 0 Å². The highest BCUT2D eigenvalue weighted by molar-refractivity contribution is 6.25. The zero-order valence-electron chi connectivity index (χ0n) is 17.0. The maximum atomic E-state index is 12.2. The van der Waals surface area contributed by atoms with Gasteiger partial charge in [-0.2, -0.15) is 0 Å². The summed E-state index contributed by atoms with van der Waals surface area (Å²) in [6, 6.07) is 0. The Morgan fingerprint density at radius 2 is 1.07 bits per heavy atom. The molecule has 0 saturated carbocycles. The molecule has 0 aliphatic carbocycles. The van der Waals surface area contributed by atoms with E-state index in [0.29, 0.717) is 19.6 Å². The third-order valence-electron chi connectivity index (χ3n) is 4.97. The summed E-state index contributed by atoms with van der Waals surface area (Å²) < 4.78 is 5.59. The van der Waals surface area contributed by atoms with Crippen LogP contribution in [0.25, 0.3) is 0 Å². The van der Waals surface area contributed by atoms with E-state index in [0.717, 1.165) is 12.8 Å². The Labute approximate surface area is 163 Å². The smallest absolute Gasteiger partial charge is 0.167 e. The van der Waals surface area contributed by atoms with Crippen molar-refractivity contribution < 1.29 is 19.1 Å². The van der Waals surface area contributed by atoms with Crippen molar-refractivity contribution in [2.75, 3.05) is 32.8 Å². The van der Waals surface area contributed by atoms with Crippen LogP contribution < -0.4 is 17.2 Å². The van der Waals surface area contributed by atoms with Crippen molar-refractivity contribution >= 4 is 17.3 Å². The normalized spacial score (nSPS) is 11.6. The highest BCUT2D eigenvalue weighted by atomic mass is 16.5. The second-order valence-corrected chi connectivity index (χ2v) is 6.98. The largest absolute Gasteiger partial charge is 0.381 e. The number of rotatable bonds is 19. The lowest BCUT2D eigenvalue weighted by Gasteiger charge is -2.28. The molecule has 27 heavy (non-hydrogen) atoms. The second kappa shape index (κ2) is 15.9. The van der Waals surface area contributed by atoms with E-state index >= 15 is 0 Å². The molecular weight excluding hydrogens is 346 g/mol. The fourth-order valence-electron chi connectivity index (χ4n) is 3.29. The molecule has 0 aromatic heterocycles. The number of carbonyl (C=O) groups is 3. The predicted molar refractivity (Wildman–Crippen MR) is 107 cm³/mol. The first-order valence-corrected chi connectivity index (χ1v) is 10.3. The van der Waals surface area contributed by atoms with E-state index in [1.54, 1.807) is 0 Å². The molecule has 0 unspecified atom stereocenters. The van der Waals surface area contributed by atoms with Crippen molar-refractivity contribution in [2.24, 2.45) is 22.6 Å². The highest BCUT2D eigenvalue weighted by Crippen LogP contribution is 2.28. The van der Waals surface area contributed by atoms with Gasteiger partial charge in [0.15, 0.2) is 17.3 Å². The van der Waals surface area contributed by atoms with Gasteiger partial charge in [0, 0.05) is 13.2 Å². The van der Waals surface area contributed by atoms with Gasteiger partial charge in [0.05, 0.1) is 19.6 Å². The van der Waals surface area contributed by atoms with E-state index in [-0.39, 0.29) is 6.42 Å². The average molecular weight is 386 g/mol. The summed E-state index contributed by atoms with van der Waals surface area (Å²) in [4.78, 5) is 36.7. The van der Waals surface area contributed by atoms with Crippen molar-refractivity contribution in [2.45, 2.75) is 71.1 Å². The van der Waals surface area contributed by atoms with E-state index in [1.165, 1.54) is 38.5 Å². The van der Waals surface area contributed by atoms with Crippen LogP contribution in [0, 0.1) is 5.41 Å². The van der Waals surface area contributed by atoms with Crippen LogP contribution in [0.15, 0.2) is 0 Å². The maximum Gasteiger partial charge on any atom is 0.167 e. The number of hydrogen-bond acceptors (Lipinski definition) is 7. The van der Waals surface area contributed by atoms with Gasteiger partial charge in [-0.1, -0.05) is 51.9 Å². The molecule has 0 saturated heterocycles. The van der Waals surface area contributed by atoms with Crippen molar-refractivity contribution in [3.8, 4) is 0 Å². The van der Waals surface area contributed by atoms with Crippen molar-refractivity contribution in [1.29, 1.82) is 0 Å². The van der Waals surface area contributed by atoms with Gasteiger partial charge in [0.25, 0.3) is 0 Å². The fraction of sp³-hybridized carbons (Fsp3) is 0.850.